The van der Waals surface area contributed by atoms with Crippen molar-refractivity contribution in [1.82, 2.24) is 0 Å². The highest BCUT2D eigenvalue weighted by molar-refractivity contribution is 5.85. The Hall–Kier alpha value is -2.74. The molecule has 1 aromatic carbocycles. The lowest BCUT2D eigenvalue weighted by Crippen LogP contribution is -2.25. The van der Waals surface area contributed by atoms with Gasteiger partial charge in [0.15, 0.2) is 5.75 Å². The standard InChI is InChI=1S/C22H26N2O3/c1-2-3-4-5-6-7-8-11-15-17(14-23)21(24)27-20-16-12-9-10-13-18(16)26-22(25)19(15)20/h9-10,12-13,15H,2-8,11,24H2,1H3/t15-/m1/s1. The number of allylic oxidation sites excluding steroid dienone is 1. The van der Waals surface area contributed by atoms with Crippen LogP contribution < -0.4 is 16.1 Å². The summed E-state index contributed by atoms with van der Waals surface area (Å²) in [6.07, 6.45) is 8.88. The molecule has 5 nitrogen and oxygen atoms in total. The summed E-state index contributed by atoms with van der Waals surface area (Å²) in [7, 11) is 0. The summed E-state index contributed by atoms with van der Waals surface area (Å²) in [4.78, 5) is 12.6. The smallest absolute Gasteiger partial charge is 0.343 e. The van der Waals surface area contributed by atoms with Crippen molar-refractivity contribution in [3.05, 3.63) is 51.7 Å². The number of ether oxygens (including phenoxy) is 1. The number of hydrogen-bond acceptors (Lipinski definition) is 5. The van der Waals surface area contributed by atoms with Gasteiger partial charge in [-0.2, -0.15) is 5.26 Å². The Morgan fingerprint density at radius 2 is 1.81 bits per heavy atom. The van der Waals surface area contributed by atoms with Gasteiger partial charge in [0.2, 0.25) is 5.88 Å². The van der Waals surface area contributed by atoms with Crippen molar-refractivity contribution in [3.63, 3.8) is 0 Å². The van der Waals surface area contributed by atoms with Gasteiger partial charge in [-0.25, -0.2) is 4.79 Å². The fraction of sp³-hybridized carbons (Fsp3) is 0.455. The molecule has 0 aliphatic carbocycles. The summed E-state index contributed by atoms with van der Waals surface area (Å²) < 4.78 is 11.2. The lowest BCUT2D eigenvalue weighted by atomic mass is 9.85. The Morgan fingerprint density at radius 1 is 1.11 bits per heavy atom. The molecule has 0 spiro atoms. The van der Waals surface area contributed by atoms with E-state index in [9.17, 15) is 10.1 Å². The van der Waals surface area contributed by atoms with Crippen LogP contribution in [0.15, 0.2) is 44.9 Å². The van der Waals surface area contributed by atoms with Crippen LogP contribution in [0.1, 0.15) is 69.8 Å². The Labute approximate surface area is 159 Å². The minimum atomic E-state index is -0.447. The van der Waals surface area contributed by atoms with E-state index in [0.717, 1.165) is 12.8 Å². The number of para-hydroxylation sites is 1. The highest BCUT2D eigenvalue weighted by atomic mass is 16.5. The lowest BCUT2D eigenvalue weighted by Gasteiger charge is -2.25. The van der Waals surface area contributed by atoms with Gasteiger partial charge in [-0.3, -0.25) is 0 Å². The van der Waals surface area contributed by atoms with Crippen LogP contribution in [0.25, 0.3) is 11.0 Å². The normalized spacial score (nSPS) is 16.1. The van der Waals surface area contributed by atoms with Crippen molar-refractivity contribution in [2.75, 3.05) is 0 Å². The molecule has 0 unspecified atom stereocenters. The Bertz CT molecular complexity index is 937. The van der Waals surface area contributed by atoms with Gasteiger partial charge in [0.05, 0.1) is 16.5 Å². The van der Waals surface area contributed by atoms with E-state index < -0.39 is 5.63 Å². The molecular formula is C22H26N2O3. The van der Waals surface area contributed by atoms with Crippen molar-refractivity contribution in [1.29, 1.82) is 5.26 Å². The molecule has 1 aliphatic heterocycles. The Balaban J connectivity index is 1.84. The number of nitrogens with two attached hydrogens (primary N) is 1. The summed E-state index contributed by atoms with van der Waals surface area (Å²) in [5.74, 6) is 0.162. The zero-order valence-corrected chi connectivity index (χ0v) is 15.8. The number of fused-ring (bicyclic) bond motifs is 3. The van der Waals surface area contributed by atoms with Crippen molar-refractivity contribution >= 4 is 11.0 Å². The molecule has 142 valence electrons. The highest BCUT2D eigenvalue weighted by Crippen LogP contribution is 2.42. The molecule has 1 atom stereocenters. The Morgan fingerprint density at radius 3 is 2.56 bits per heavy atom. The number of rotatable bonds is 8. The topological polar surface area (TPSA) is 89.3 Å². The van der Waals surface area contributed by atoms with Gasteiger partial charge in [0.25, 0.3) is 0 Å². The van der Waals surface area contributed by atoms with Crippen molar-refractivity contribution in [3.8, 4) is 11.8 Å². The fourth-order valence-electron chi connectivity index (χ4n) is 3.75. The molecular weight excluding hydrogens is 340 g/mol. The van der Waals surface area contributed by atoms with Gasteiger partial charge in [0, 0.05) is 5.92 Å². The second-order valence-corrected chi connectivity index (χ2v) is 7.08. The van der Waals surface area contributed by atoms with Gasteiger partial charge in [-0.15, -0.1) is 0 Å². The molecule has 0 bridgehead atoms. The first kappa shape index (κ1) is 19.0. The predicted octanol–water partition coefficient (Wildman–Crippen LogP) is 5.10. The van der Waals surface area contributed by atoms with Gasteiger partial charge in [0.1, 0.15) is 11.7 Å². The van der Waals surface area contributed by atoms with Gasteiger partial charge in [-0.1, -0.05) is 64.0 Å². The summed E-state index contributed by atoms with van der Waals surface area (Å²) >= 11 is 0. The minimum absolute atomic E-state index is 0.0914. The molecule has 0 fully saturated rings. The van der Waals surface area contributed by atoms with Crippen LogP contribution in [0, 0.1) is 11.3 Å². The van der Waals surface area contributed by atoms with Crippen molar-refractivity contribution in [2.45, 2.75) is 64.2 Å². The maximum Gasteiger partial charge on any atom is 0.343 e. The predicted molar refractivity (Wildman–Crippen MR) is 105 cm³/mol. The number of unbranched alkanes of at least 4 members (excludes halogenated alkanes) is 6. The molecule has 1 aromatic heterocycles. The number of hydrogen-bond donors (Lipinski definition) is 1. The average molecular weight is 366 g/mol. The van der Waals surface area contributed by atoms with Crippen LogP contribution in [0.4, 0.5) is 0 Å². The van der Waals surface area contributed by atoms with Crippen LogP contribution >= 0.6 is 0 Å². The summed E-state index contributed by atoms with van der Waals surface area (Å²) in [5.41, 5.74) is 6.79. The third-order valence-electron chi connectivity index (χ3n) is 5.19. The van der Waals surface area contributed by atoms with Crippen LogP contribution in [0.5, 0.6) is 5.75 Å². The van der Waals surface area contributed by atoms with E-state index in [4.69, 9.17) is 14.9 Å². The molecule has 2 heterocycles. The first-order chi connectivity index (χ1) is 13.2. The van der Waals surface area contributed by atoms with E-state index in [1.54, 1.807) is 12.1 Å². The second-order valence-electron chi connectivity index (χ2n) is 7.08. The molecule has 27 heavy (non-hydrogen) atoms. The molecule has 0 amide bonds. The molecule has 0 saturated carbocycles. The maximum atomic E-state index is 12.6. The monoisotopic (exact) mass is 366 g/mol. The van der Waals surface area contributed by atoms with Crippen LogP contribution in [-0.2, 0) is 0 Å². The van der Waals surface area contributed by atoms with E-state index in [0.29, 0.717) is 34.3 Å². The summed E-state index contributed by atoms with van der Waals surface area (Å²) in [6, 6.07) is 9.37. The van der Waals surface area contributed by atoms with Gasteiger partial charge >= 0.3 is 5.63 Å². The third-order valence-corrected chi connectivity index (χ3v) is 5.19. The molecule has 0 radical (unpaired) electrons. The number of nitriles is 1. The lowest BCUT2D eigenvalue weighted by molar-refractivity contribution is 0.376. The molecule has 3 rings (SSSR count). The van der Waals surface area contributed by atoms with Crippen molar-refractivity contribution in [2.24, 2.45) is 5.73 Å². The first-order valence-electron chi connectivity index (χ1n) is 9.80. The van der Waals surface area contributed by atoms with E-state index >= 15 is 0 Å². The van der Waals surface area contributed by atoms with Crippen LogP contribution in [-0.4, -0.2) is 0 Å². The maximum absolute atomic E-state index is 12.6. The van der Waals surface area contributed by atoms with Crippen LogP contribution in [0.3, 0.4) is 0 Å². The number of nitrogens with zero attached hydrogens (tertiary/aromatic N) is 1. The molecule has 2 aromatic rings. The van der Waals surface area contributed by atoms with E-state index in [2.05, 4.69) is 13.0 Å². The fourth-order valence-corrected chi connectivity index (χ4v) is 3.75. The average Bonchev–Trinajstić information content (AvgIpc) is 2.67. The number of benzene rings is 1. The quantitative estimate of drug-likeness (QED) is 0.518. The summed E-state index contributed by atoms with van der Waals surface area (Å²) in [6.45, 7) is 2.21. The van der Waals surface area contributed by atoms with Gasteiger partial charge < -0.3 is 14.9 Å². The zero-order chi connectivity index (χ0) is 19.2. The molecule has 5 heteroatoms. The third kappa shape index (κ3) is 4.00. The van der Waals surface area contributed by atoms with E-state index in [1.807, 2.05) is 12.1 Å². The SMILES string of the molecule is CCCCCCCCC[C@@H]1C(C#N)=C(N)Oc2c1c(=O)oc1ccccc21. The zero-order valence-electron chi connectivity index (χ0n) is 15.8. The van der Waals surface area contributed by atoms with Crippen molar-refractivity contribution < 1.29 is 9.15 Å². The molecule has 2 N–H and O–H groups in total. The Kier molecular flexibility index (Phi) is 6.18. The highest BCUT2D eigenvalue weighted by Gasteiger charge is 2.33. The van der Waals surface area contributed by atoms with E-state index in [-0.39, 0.29) is 11.8 Å². The first-order valence-corrected chi connectivity index (χ1v) is 9.80. The van der Waals surface area contributed by atoms with Gasteiger partial charge in [-0.05, 0) is 18.6 Å². The van der Waals surface area contributed by atoms with Crippen LogP contribution in [0.2, 0.25) is 0 Å². The van der Waals surface area contributed by atoms with E-state index in [1.165, 1.54) is 32.1 Å². The minimum Gasteiger partial charge on any atom is -0.439 e. The molecule has 1 aliphatic rings. The largest absolute Gasteiger partial charge is 0.439 e. The molecule has 0 saturated heterocycles. The second kappa shape index (κ2) is 8.77. The summed E-state index contributed by atoms with van der Waals surface area (Å²) in [5, 5.41) is 10.3.